The van der Waals surface area contributed by atoms with E-state index in [4.69, 9.17) is 9.47 Å². The molecule has 1 aliphatic rings. The molecule has 3 rings (SSSR count). The third-order valence-corrected chi connectivity index (χ3v) is 5.26. The molecule has 1 atom stereocenters. The van der Waals surface area contributed by atoms with Crippen LogP contribution in [0.25, 0.3) is 0 Å². The average molecular weight is 347 g/mol. The lowest BCUT2D eigenvalue weighted by atomic mass is 10.2. The Bertz CT molecular complexity index is 652. The zero-order valence-electron chi connectivity index (χ0n) is 14.5. The predicted molar refractivity (Wildman–Crippen MR) is 96.9 cm³/mol. The van der Waals surface area contributed by atoms with Crippen molar-refractivity contribution < 1.29 is 9.47 Å². The van der Waals surface area contributed by atoms with Crippen LogP contribution >= 0.6 is 11.3 Å². The Labute approximate surface area is 147 Å². The predicted octanol–water partition coefficient (Wildman–Crippen LogP) is 2.83. The minimum absolute atomic E-state index is 0.529. The smallest absolute Gasteiger partial charge is 0.122 e. The van der Waals surface area contributed by atoms with Gasteiger partial charge in [0.05, 0.1) is 14.2 Å². The molecular formula is C18H25N3O2S. The van der Waals surface area contributed by atoms with Crippen molar-refractivity contribution in [3.63, 3.8) is 0 Å². The molecule has 0 unspecified atom stereocenters. The first kappa shape index (κ1) is 17.2. The summed E-state index contributed by atoms with van der Waals surface area (Å²) in [5.74, 6) is 1.69. The lowest BCUT2D eigenvalue weighted by Gasteiger charge is -2.17. The summed E-state index contributed by atoms with van der Waals surface area (Å²) in [6.45, 7) is 5.99. The number of methoxy groups -OCH3 is 2. The van der Waals surface area contributed by atoms with Gasteiger partial charge in [0.15, 0.2) is 0 Å². The van der Waals surface area contributed by atoms with Crippen LogP contribution in [0.4, 0.5) is 0 Å². The Balaban J connectivity index is 1.52. The molecule has 24 heavy (non-hydrogen) atoms. The maximum absolute atomic E-state index is 5.36. The fraction of sp³-hybridized carbons (Fsp3) is 0.500. The van der Waals surface area contributed by atoms with Crippen LogP contribution in [0.1, 0.15) is 22.7 Å². The van der Waals surface area contributed by atoms with Crippen molar-refractivity contribution >= 4 is 11.3 Å². The molecule has 1 saturated heterocycles. The normalized spacial score (nSPS) is 18.0. The average Bonchev–Trinajstić information content (AvgIpc) is 3.21. The monoisotopic (exact) mass is 347 g/mol. The SMILES string of the molecule is COc1cc(CN2CC[C@H](NCc3nc(C)cs3)C2)cc(OC)c1. The maximum atomic E-state index is 5.36. The van der Waals surface area contributed by atoms with Crippen molar-refractivity contribution in [2.75, 3.05) is 27.3 Å². The van der Waals surface area contributed by atoms with Crippen molar-refractivity contribution in [2.45, 2.75) is 32.5 Å². The topological polar surface area (TPSA) is 46.6 Å². The molecule has 6 heteroatoms. The van der Waals surface area contributed by atoms with E-state index in [2.05, 4.69) is 32.7 Å². The highest BCUT2D eigenvalue weighted by molar-refractivity contribution is 7.09. The van der Waals surface area contributed by atoms with E-state index in [9.17, 15) is 0 Å². The molecule has 0 radical (unpaired) electrons. The summed E-state index contributed by atoms with van der Waals surface area (Å²) in [7, 11) is 3.38. The van der Waals surface area contributed by atoms with E-state index in [1.807, 2.05) is 13.0 Å². The van der Waals surface area contributed by atoms with Gasteiger partial charge in [-0.3, -0.25) is 4.90 Å². The lowest BCUT2D eigenvalue weighted by Crippen LogP contribution is -2.31. The van der Waals surface area contributed by atoms with E-state index in [1.165, 1.54) is 17.0 Å². The molecular weight excluding hydrogens is 322 g/mol. The van der Waals surface area contributed by atoms with E-state index in [-0.39, 0.29) is 0 Å². The summed E-state index contributed by atoms with van der Waals surface area (Å²) in [4.78, 5) is 6.98. The zero-order chi connectivity index (χ0) is 16.9. The molecule has 1 N–H and O–H groups in total. The van der Waals surface area contributed by atoms with Crippen molar-refractivity contribution in [3.05, 3.63) is 39.8 Å². The molecule has 1 aromatic heterocycles. The van der Waals surface area contributed by atoms with E-state index in [1.54, 1.807) is 25.6 Å². The second kappa shape index (κ2) is 7.96. The van der Waals surface area contributed by atoms with Crippen LogP contribution in [-0.2, 0) is 13.1 Å². The minimum Gasteiger partial charge on any atom is -0.497 e. The molecule has 0 aliphatic carbocycles. The number of nitrogens with zero attached hydrogens (tertiary/aromatic N) is 2. The van der Waals surface area contributed by atoms with Crippen molar-refractivity contribution in [1.29, 1.82) is 0 Å². The number of nitrogens with one attached hydrogen (secondary N) is 1. The van der Waals surface area contributed by atoms with E-state index in [0.717, 1.165) is 43.4 Å². The maximum Gasteiger partial charge on any atom is 0.122 e. The van der Waals surface area contributed by atoms with Crippen LogP contribution in [0.3, 0.4) is 0 Å². The van der Waals surface area contributed by atoms with Gasteiger partial charge in [-0.25, -0.2) is 4.98 Å². The van der Waals surface area contributed by atoms with Gasteiger partial charge < -0.3 is 14.8 Å². The Morgan fingerprint density at radius 2 is 2.00 bits per heavy atom. The van der Waals surface area contributed by atoms with Gasteiger partial charge in [-0.2, -0.15) is 0 Å². The van der Waals surface area contributed by atoms with E-state index in [0.29, 0.717) is 6.04 Å². The van der Waals surface area contributed by atoms with E-state index >= 15 is 0 Å². The lowest BCUT2D eigenvalue weighted by molar-refractivity contribution is 0.317. The van der Waals surface area contributed by atoms with E-state index < -0.39 is 0 Å². The van der Waals surface area contributed by atoms with Crippen LogP contribution in [0.15, 0.2) is 23.6 Å². The van der Waals surface area contributed by atoms with Gasteiger partial charge in [-0.15, -0.1) is 11.3 Å². The van der Waals surface area contributed by atoms with Gasteiger partial charge in [-0.1, -0.05) is 0 Å². The molecule has 5 nitrogen and oxygen atoms in total. The number of likely N-dealkylation sites (tertiary alicyclic amines) is 1. The third-order valence-electron chi connectivity index (χ3n) is 4.30. The standard InChI is InChI=1S/C18H25N3O2S/c1-13-12-24-18(20-13)9-19-15-4-5-21(11-15)10-14-6-16(22-2)8-17(7-14)23-3/h6-8,12,15,19H,4-5,9-11H2,1-3H3/t15-/m0/s1. The summed E-state index contributed by atoms with van der Waals surface area (Å²) < 4.78 is 10.7. The molecule has 0 amide bonds. The highest BCUT2D eigenvalue weighted by Gasteiger charge is 2.22. The summed E-state index contributed by atoms with van der Waals surface area (Å²) >= 11 is 1.73. The molecule has 1 fully saturated rings. The van der Waals surface area contributed by atoms with Crippen LogP contribution in [-0.4, -0.2) is 43.2 Å². The minimum atomic E-state index is 0.529. The quantitative estimate of drug-likeness (QED) is 0.834. The van der Waals surface area contributed by atoms with Crippen LogP contribution in [0.5, 0.6) is 11.5 Å². The molecule has 1 aliphatic heterocycles. The van der Waals surface area contributed by atoms with Gasteiger partial charge in [0.2, 0.25) is 0 Å². The van der Waals surface area contributed by atoms with Gasteiger partial charge >= 0.3 is 0 Å². The van der Waals surface area contributed by atoms with Crippen LogP contribution in [0.2, 0.25) is 0 Å². The fourth-order valence-corrected chi connectivity index (χ4v) is 3.80. The van der Waals surface area contributed by atoms with Crippen molar-refractivity contribution in [3.8, 4) is 11.5 Å². The molecule has 0 saturated carbocycles. The Hall–Kier alpha value is -1.63. The van der Waals surface area contributed by atoms with Crippen LogP contribution in [0, 0.1) is 6.92 Å². The molecule has 2 heterocycles. The Morgan fingerprint density at radius 3 is 2.62 bits per heavy atom. The highest BCUT2D eigenvalue weighted by Crippen LogP contribution is 2.24. The van der Waals surface area contributed by atoms with Gasteiger partial charge in [0, 0.05) is 49.4 Å². The zero-order valence-corrected chi connectivity index (χ0v) is 15.4. The first-order valence-corrected chi connectivity index (χ1v) is 9.13. The Kier molecular flexibility index (Phi) is 5.71. The number of aromatic nitrogens is 1. The van der Waals surface area contributed by atoms with Crippen LogP contribution < -0.4 is 14.8 Å². The molecule has 0 bridgehead atoms. The Morgan fingerprint density at radius 1 is 1.25 bits per heavy atom. The number of hydrogen-bond acceptors (Lipinski definition) is 6. The number of benzene rings is 1. The molecule has 2 aromatic rings. The number of rotatable bonds is 7. The molecule has 130 valence electrons. The first-order valence-electron chi connectivity index (χ1n) is 8.25. The number of ether oxygens (including phenoxy) is 2. The van der Waals surface area contributed by atoms with Crippen molar-refractivity contribution in [1.82, 2.24) is 15.2 Å². The summed E-state index contributed by atoms with van der Waals surface area (Å²) in [6.07, 6.45) is 1.17. The second-order valence-electron chi connectivity index (χ2n) is 6.21. The van der Waals surface area contributed by atoms with Gasteiger partial charge in [0.25, 0.3) is 0 Å². The summed E-state index contributed by atoms with van der Waals surface area (Å²) in [6, 6.07) is 6.61. The highest BCUT2D eigenvalue weighted by atomic mass is 32.1. The first-order chi connectivity index (χ1) is 11.7. The number of aryl methyl sites for hydroxylation is 1. The fourth-order valence-electron chi connectivity index (χ4n) is 3.07. The number of hydrogen-bond donors (Lipinski definition) is 1. The largest absolute Gasteiger partial charge is 0.497 e. The molecule has 1 aromatic carbocycles. The summed E-state index contributed by atoms with van der Waals surface area (Å²) in [5.41, 5.74) is 2.33. The summed E-state index contributed by atoms with van der Waals surface area (Å²) in [5, 5.41) is 6.90. The molecule has 0 spiro atoms. The van der Waals surface area contributed by atoms with Crippen molar-refractivity contribution in [2.24, 2.45) is 0 Å². The second-order valence-corrected chi connectivity index (χ2v) is 7.15. The van der Waals surface area contributed by atoms with Gasteiger partial charge in [-0.05, 0) is 31.0 Å². The van der Waals surface area contributed by atoms with Gasteiger partial charge in [0.1, 0.15) is 16.5 Å². The third kappa shape index (κ3) is 4.47. The number of thiazole rings is 1.